The lowest BCUT2D eigenvalue weighted by Crippen LogP contribution is -1.38. The van der Waals surface area contributed by atoms with Crippen LogP contribution in [0.15, 0.2) is 0 Å². The van der Waals surface area contributed by atoms with Gasteiger partial charge in [-0.05, 0) is 0 Å². The highest BCUT2D eigenvalue weighted by Crippen LogP contribution is 1.98. The zero-order chi connectivity index (χ0) is 6.28. The van der Waals surface area contributed by atoms with E-state index in [9.17, 15) is 0 Å². The molecule has 0 fully saturated rings. The van der Waals surface area contributed by atoms with Gasteiger partial charge in [0.25, 0.3) is 0 Å². The maximum Gasteiger partial charge on any atom is 0.335 e. The van der Waals surface area contributed by atoms with Gasteiger partial charge in [0.15, 0.2) is 0 Å². The fourth-order valence-corrected chi connectivity index (χ4v) is 0. The van der Waals surface area contributed by atoms with E-state index >= 15 is 0 Å². The van der Waals surface area contributed by atoms with E-state index < -0.39 is 19.8 Å². The molecule has 2 N–H and O–H groups in total. The molecule has 0 aromatic heterocycles. The summed E-state index contributed by atoms with van der Waals surface area (Å²) in [7, 11) is -3.13. The zero-order valence-electron chi connectivity index (χ0n) is 3.03. The highest BCUT2D eigenvalue weighted by atomic mass is 32.1. The van der Waals surface area contributed by atoms with Crippen molar-refractivity contribution in [2.24, 2.45) is 0 Å². The van der Waals surface area contributed by atoms with Crippen LogP contribution in [0.4, 0.5) is 0 Å². The van der Waals surface area contributed by atoms with Crippen LogP contribution in [0.3, 0.4) is 0 Å². The minimum absolute atomic E-state index is 0.750. The minimum atomic E-state index is -3.13. The van der Waals surface area contributed by atoms with Crippen molar-refractivity contribution in [1.82, 2.24) is 0 Å². The second-order valence-electron chi connectivity index (χ2n) is 0.351. The van der Waals surface area contributed by atoms with Crippen LogP contribution in [0.1, 0.15) is 0 Å². The lowest BCUT2D eigenvalue weighted by atomic mass is 15.8. The van der Waals surface area contributed by atoms with Gasteiger partial charge in [0.2, 0.25) is 0 Å². The first kappa shape index (κ1) is 10.1. The Morgan fingerprint density at radius 2 is 1.29 bits per heavy atom. The molecule has 0 spiro atoms. The third kappa shape index (κ3) is 105000. The van der Waals surface area contributed by atoms with Crippen LogP contribution in [0.5, 0.6) is 0 Å². The van der Waals surface area contributed by atoms with E-state index in [-0.39, 0.29) is 0 Å². The van der Waals surface area contributed by atoms with Gasteiger partial charge < -0.3 is 9.79 Å². The van der Waals surface area contributed by atoms with Crippen LogP contribution in [-0.2, 0) is 16.1 Å². The maximum atomic E-state index is 8.74. The van der Waals surface area contributed by atoms with Gasteiger partial charge in [0, 0.05) is 0 Å². The van der Waals surface area contributed by atoms with Gasteiger partial charge in [0.1, 0.15) is 0 Å². The third-order valence-corrected chi connectivity index (χ3v) is 0. The molecule has 0 unspecified atom stereocenters. The Balaban J connectivity index is 0. The molecule has 44 valence electrons. The molecule has 0 radical (unpaired) electrons. The van der Waals surface area contributed by atoms with E-state index in [0.29, 0.717) is 0 Å². The fraction of sp³-hybridized carbons (Fsp3) is 0. The molecular formula is H3O5PS. The Kier molecular flexibility index (Phi) is 13.4. The van der Waals surface area contributed by atoms with E-state index in [0.717, 1.165) is 0 Å². The van der Waals surface area contributed by atoms with E-state index in [2.05, 4.69) is 0 Å². The molecular weight excluding hydrogens is 143 g/mol. The van der Waals surface area contributed by atoms with Crippen molar-refractivity contribution in [2.45, 2.75) is 0 Å². The van der Waals surface area contributed by atoms with Gasteiger partial charge in [0.05, 0.1) is 0 Å². The zero-order valence-corrected chi connectivity index (χ0v) is 4.84. The third-order valence-electron chi connectivity index (χ3n) is 0. The van der Waals surface area contributed by atoms with Crippen molar-refractivity contribution >= 4 is 19.8 Å². The Labute approximate surface area is 43.5 Å². The van der Waals surface area contributed by atoms with Crippen molar-refractivity contribution in [2.75, 3.05) is 0 Å². The molecule has 0 atom stereocenters. The smallest absolute Gasteiger partial charge is 0.326 e. The van der Waals surface area contributed by atoms with Gasteiger partial charge in [-0.3, -0.25) is 4.57 Å². The summed E-state index contributed by atoms with van der Waals surface area (Å²) in [4.78, 5) is 14.3. The predicted molar refractivity (Wildman–Crippen MR) is 22.4 cm³/mol. The van der Waals surface area contributed by atoms with Crippen LogP contribution < -0.4 is 0 Å². The topological polar surface area (TPSA) is 91.7 Å². The summed E-state index contributed by atoms with van der Waals surface area (Å²) in [5.41, 5.74) is 0. The Bertz CT molecular complexity index is 76.1. The van der Waals surface area contributed by atoms with Crippen molar-refractivity contribution in [3.8, 4) is 0 Å². The monoisotopic (exact) mass is 146 g/mol. The second kappa shape index (κ2) is 9.36. The minimum Gasteiger partial charge on any atom is -0.326 e. The van der Waals surface area contributed by atoms with Crippen LogP contribution in [0, 0.1) is 0 Å². The quantitative estimate of drug-likeness (QED) is 0.414. The molecule has 0 saturated heterocycles. The van der Waals surface area contributed by atoms with Crippen molar-refractivity contribution in [3.63, 3.8) is 0 Å². The van der Waals surface area contributed by atoms with E-state index in [1.807, 2.05) is 0 Å². The summed E-state index contributed by atoms with van der Waals surface area (Å²) >= 11 is -0.750. The van der Waals surface area contributed by atoms with Crippen LogP contribution in [-0.4, -0.2) is 18.2 Å². The summed E-state index contributed by atoms with van der Waals surface area (Å²) in [6.45, 7) is 0. The average molecular weight is 146 g/mol. The van der Waals surface area contributed by atoms with E-state index in [1.54, 1.807) is 0 Å². The molecule has 0 aromatic rings. The maximum absolute atomic E-state index is 8.74. The van der Waals surface area contributed by atoms with Crippen LogP contribution >= 0.6 is 8.25 Å². The van der Waals surface area contributed by atoms with Crippen molar-refractivity contribution in [1.29, 1.82) is 0 Å². The Hall–Kier alpha value is -0.0300. The molecule has 0 aliphatic carbocycles. The van der Waals surface area contributed by atoms with Gasteiger partial charge in [-0.25, -0.2) is 0 Å². The standard InChI is InChI=1S/H3O3P.O2S/c1-4(2)3;1-3-2/h4H,(H2,1,2,3);. The predicted octanol–water partition coefficient (Wildman–Crippen LogP) is -1.31. The number of rotatable bonds is 0. The summed E-state index contributed by atoms with van der Waals surface area (Å²) in [5, 5.41) is 0. The average Bonchev–Trinajstić information content (AvgIpc) is 1.33. The van der Waals surface area contributed by atoms with E-state index in [1.165, 1.54) is 0 Å². The molecule has 7 heteroatoms. The first-order valence-electron chi connectivity index (χ1n) is 0.985. The SMILES string of the molecule is O=S=O.O=[PH](O)O. The number of hydrogen-bond donors (Lipinski definition) is 2. The molecule has 0 aliphatic heterocycles. The lowest BCUT2D eigenvalue weighted by Gasteiger charge is -1.61. The first-order valence-corrected chi connectivity index (χ1v) is 2.95. The van der Waals surface area contributed by atoms with Crippen LogP contribution in [0.2, 0.25) is 0 Å². The Morgan fingerprint density at radius 3 is 1.29 bits per heavy atom. The molecule has 0 aromatic carbocycles. The van der Waals surface area contributed by atoms with Gasteiger partial charge in [-0.15, -0.1) is 0 Å². The molecule has 0 saturated carbocycles. The van der Waals surface area contributed by atoms with Crippen molar-refractivity contribution in [3.05, 3.63) is 0 Å². The molecule has 0 rings (SSSR count). The van der Waals surface area contributed by atoms with Gasteiger partial charge in [-0.1, -0.05) is 0 Å². The molecule has 5 nitrogen and oxygen atoms in total. The normalized spacial score (nSPS) is 6.71. The molecule has 0 heterocycles. The van der Waals surface area contributed by atoms with Crippen molar-refractivity contribution < 1.29 is 22.8 Å². The first-order chi connectivity index (χ1) is 3.15. The lowest BCUT2D eigenvalue weighted by molar-refractivity contribution is 0.405. The van der Waals surface area contributed by atoms with Gasteiger partial charge >= 0.3 is 19.8 Å². The summed E-state index contributed by atoms with van der Waals surface area (Å²) in [6.07, 6.45) is 0. The van der Waals surface area contributed by atoms with E-state index in [4.69, 9.17) is 22.8 Å². The van der Waals surface area contributed by atoms with Crippen LogP contribution in [0.25, 0.3) is 0 Å². The molecule has 0 bridgehead atoms. The largest absolute Gasteiger partial charge is 0.335 e. The molecule has 0 amide bonds. The summed E-state index contributed by atoms with van der Waals surface area (Å²) in [6, 6.07) is 0. The number of hydrogen-bond acceptors (Lipinski definition) is 3. The fourth-order valence-electron chi connectivity index (χ4n) is 0. The Morgan fingerprint density at radius 1 is 1.29 bits per heavy atom. The highest BCUT2D eigenvalue weighted by Gasteiger charge is 1.61. The summed E-state index contributed by atoms with van der Waals surface area (Å²) < 4.78 is 25.3. The summed E-state index contributed by atoms with van der Waals surface area (Å²) in [5.74, 6) is 0. The molecule has 0 aliphatic rings. The second-order valence-corrected chi connectivity index (χ2v) is 1.05. The molecule has 7 heavy (non-hydrogen) atoms. The van der Waals surface area contributed by atoms with Gasteiger partial charge in [-0.2, -0.15) is 8.42 Å². The highest BCUT2D eigenvalue weighted by molar-refractivity contribution is 7.51.